The van der Waals surface area contributed by atoms with Crippen molar-refractivity contribution in [3.63, 3.8) is 0 Å². The summed E-state index contributed by atoms with van der Waals surface area (Å²) in [7, 11) is -3.03. The molecule has 0 saturated carbocycles. The summed E-state index contributed by atoms with van der Waals surface area (Å²) in [5.74, 6) is -5.02. The van der Waals surface area contributed by atoms with Gasteiger partial charge in [-0.3, -0.25) is 19.5 Å². The van der Waals surface area contributed by atoms with E-state index in [0.717, 1.165) is 24.4 Å². The predicted molar refractivity (Wildman–Crippen MR) is 122 cm³/mol. The van der Waals surface area contributed by atoms with E-state index in [1.165, 1.54) is 19.4 Å². The first-order valence-electron chi connectivity index (χ1n) is 10.1. The molecule has 0 saturated heterocycles. The van der Waals surface area contributed by atoms with Crippen molar-refractivity contribution in [2.45, 2.75) is 11.1 Å². The van der Waals surface area contributed by atoms with Gasteiger partial charge in [-0.1, -0.05) is 0 Å². The summed E-state index contributed by atoms with van der Waals surface area (Å²) >= 11 is 0. The highest BCUT2D eigenvalue weighted by atomic mass is 32.2. The van der Waals surface area contributed by atoms with Crippen molar-refractivity contribution in [1.29, 1.82) is 0 Å². The maximum Gasteiger partial charge on any atom is 0.416 e. The van der Waals surface area contributed by atoms with Crippen molar-refractivity contribution in [2.75, 3.05) is 24.8 Å². The van der Waals surface area contributed by atoms with Crippen LogP contribution in [-0.2, 0) is 20.8 Å². The molecular weight excluding hydrogens is 525 g/mol. The number of nitrogens with two attached hydrogens (primary N) is 1. The zero-order chi connectivity index (χ0) is 27.7. The van der Waals surface area contributed by atoms with E-state index in [1.54, 1.807) is 0 Å². The number of carbonyl (C=O) groups excluding carboxylic acids is 2. The number of aromatic nitrogens is 1. The Morgan fingerprint density at radius 2 is 1.70 bits per heavy atom. The predicted octanol–water partition coefficient (Wildman–Crippen LogP) is 3.59. The molecule has 0 aliphatic carbocycles. The molecule has 0 aliphatic rings. The highest BCUT2D eigenvalue weighted by Gasteiger charge is 2.34. The smallest absolute Gasteiger partial charge is 0.416 e. The average Bonchev–Trinajstić information content (AvgIpc) is 2.82. The van der Waals surface area contributed by atoms with Crippen LogP contribution in [0.5, 0.6) is 5.75 Å². The number of ether oxygens (including phenoxy) is 1. The molecule has 1 aromatic heterocycles. The first kappa shape index (κ1) is 27.5. The Bertz CT molecular complexity index is 1490. The van der Waals surface area contributed by atoms with Crippen molar-refractivity contribution in [3.8, 4) is 16.9 Å². The number of pyridine rings is 1. The molecule has 2 N–H and O–H groups in total. The van der Waals surface area contributed by atoms with Crippen LogP contribution in [-0.4, -0.2) is 45.1 Å². The van der Waals surface area contributed by atoms with Crippen LogP contribution in [0.15, 0.2) is 53.7 Å². The lowest BCUT2D eigenvalue weighted by Crippen LogP contribution is -2.39. The molecule has 0 unspecified atom stereocenters. The number of sulfone groups is 1. The van der Waals surface area contributed by atoms with Gasteiger partial charge in [-0.25, -0.2) is 17.2 Å². The van der Waals surface area contributed by atoms with Gasteiger partial charge in [-0.15, -0.1) is 0 Å². The zero-order valence-corrected chi connectivity index (χ0v) is 20.0. The number of amides is 2. The number of anilines is 1. The number of primary amides is 1. The fourth-order valence-corrected chi connectivity index (χ4v) is 4.10. The van der Waals surface area contributed by atoms with E-state index >= 15 is 0 Å². The molecular formula is C23H18F5N3O5S. The summed E-state index contributed by atoms with van der Waals surface area (Å²) in [4.78, 5) is 29.0. The Labute approximate surface area is 207 Å². The van der Waals surface area contributed by atoms with Crippen molar-refractivity contribution in [3.05, 3.63) is 71.6 Å². The van der Waals surface area contributed by atoms with Crippen LogP contribution in [0.1, 0.15) is 15.9 Å². The molecule has 3 aromatic rings. The molecule has 0 bridgehead atoms. The fraction of sp³-hybridized carbons (Fsp3) is 0.174. The second-order valence-electron chi connectivity index (χ2n) is 7.73. The molecule has 0 fully saturated rings. The van der Waals surface area contributed by atoms with Gasteiger partial charge in [0.15, 0.2) is 21.5 Å². The minimum atomic E-state index is -5.01. The monoisotopic (exact) mass is 543 g/mol. The normalized spacial score (nSPS) is 11.8. The molecule has 37 heavy (non-hydrogen) atoms. The first-order chi connectivity index (χ1) is 17.1. The van der Waals surface area contributed by atoms with Gasteiger partial charge in [0.25, 0.3) is 5.91 Å². The number of halogens is 5. The van der Waals surface area contributed by atoms with Crippen LogP contribution in [0.3, 0.4) is 0 Å². The Morgan fingerprint density at radius 1 is 1.05 bits per heavy atom. The number of methoxy groups -OCH3 is 1. The molecule has 1 heterocycles. The van der Waals surface area contributed by atoms with E-state index in [9.17, 15) is 40.0 Å². The summed E-state index contributed by atoms with van der Waals surface area (Å²) < 4.78 is 97.5. The molecule has 3 rings (SSSR count). The SMILES string of the molecule is COc1cc(F)c(F)cc1-c1ccncc1N(CC(N)=O)C(=O)c1cc(C(F)(F)F)cc(S(C)(=O)=O)c1. The lowest BCUT2D eigenvalue weighted by molar-refractivity contribution is -0.137. The average molecular weight is 543 g/mol. The largest absolute Gasteiger partial charge is 0.496 e. The molecule has 2 amide bonds. The molecule has 8 nitrogen and oxygen atoms in total. The summed E-state index contributed by atoms with van der Waals surface area (Å²) in [6.07, 6.45) is -2.09. The minimum absolute atomic E-state index is 0.0179. The van der Waals surface area contributed by atoms with Crippen LogP contribution < -0.4 is 15.4 Å². The third-order valence-corrected chi connectivity index (χ3v) is 6.18. The Hall–Kier alpha value is -4.07. The van der Waals surface area contributed by atoms with E-state index in [4.69, 9.17) is 10.5 Å². The van der Waals surface area contributed by atoms with Gasteiger partial charge in [-0.2, -0.15) is 13.2 Å². The molecule has 0 spiro atoms. The summed E-state index contributed by atoms with van der Waals surface area (Å²) in [6.45, 7) is -0.881. The molecule has 0 aliphatic heterocycles. The second kappa shape index (κ2) is 10.1. The fourth-order valence-electron chi connectivity index (χ4n) is 3.42. The van der Waals surface area contributed by atoms with Crippen molar-refractivity contribution < 1.29 is 44.7 Å². The van der Waals surface area contributed by atoms with Crippen molar-refractivity contribution in [2.24, 2.45) is 5.73 Å². The zero-order valence-electron chi connectivity index (χ0n) is 19.1. The number of rotatable bonds is 7. The number of nitrogens with zero attached hydrogens (tertiary/aromatic N) is 2. The van der Waals surface area contributed by atoms with Gasteiger partial charge in [0, 0.05) is 35.2 Å². The lowest BCUT2D eigenvalue weighted by atomic mass is 10.0. The van der Waals surface area contributed by atoms with Gasteiger partial charge in [0.1, 0.15) is 12.3 Å². The highest BCUT2D eigenvalue weighted by molar-refractivity contribution is 7.90. The first-order valence-corrected chi connectivity index (χ1v) is 12.0. The number of alkyl halides is 3. The number of hydrogen-bond donors (Lipinski definition) is 1. The van der Waals surface area contributed by atoms with E-state index in [2.05, 4.69) is 4.98 Å². The summed E-state index contributed by atoms with van der Waals surface area (Å²) in [6, 6.07) is 4.26. The van der Waals surface area contributed by atoms with Crippen LogP contribution in [0.4, 0.5) is 27.6 Å². The third-order valence-electron chi connectivity index (χ3n) is 5.09. The number of benzene rings is 2. The molecule has 0 atom stereocenters. The van der Waals surface area contributed by atoms with Crippen molar-refractivity contribution >= 4 is 27.3 Å². The van der Waals surface area contributed by atoms with E-state index in [-0.39, 0.29) is 22.6 Å². The van der Waals surface area contributed by atoms with Crippen LogP contribution in [0, 0.1) is 11.6 Å². The standard InChI is InChI=1S/C23H18F5N3O5S/c1-36-20-9-18(25)17(24)8-16(20)15-3-4-30-10-19(15)31(11-21(29)32)22(33)12-5-13(23(26,27)28)7-14(6-12)37(2,34)35/h3-10H,11H2,1-2H3,(H2,29,32). The molecule has 14 heteroatoms. The van der Waals surface area contributed by atoms with Gasteiger partial charge in [-0.05, 0) is 30.3 Å². The van der Waals surface area contributed by atoms with Crippen LogP contribution in [0.25, 0.3) is 11.1 Å². The molecule has 196 valence electrons. The summed E-state index contributed by atoms with van der Waals surface area (Å²) in [5.41, 5.74) is 2.79. The second-order valence-corrected chi connectivity index (χ2v) is 9.75. The Kier molecular flexibility index (Phi) is 7.53. The Morgan fingerprint density at radius 3 is 2.27 bits per heavy atom. The Balaban J connectivity index is 2.27. The topological polar surface area (TPSA) is 120 Å². The van der Waals surface area contributed by atoms with E-state index < -0.39 is 62.0 Å². The van der Waals surface area contributed by atoms with Crippen LogP contribution >= 0.6 is 0 Å². The number of carbonyl (C=O) groups is 2. The van der Waals surface area contributed by atoms with Crippen LogP contribution in [0.2, 0.25) is 0 Å². The highest BCUT2D eigenvalue weighted by Crippen LogP contribution is 2.38. The molecule has 2 aromatic carbocycles. The summed E-state index contributed by atoms with van der Waals surface area (Å²) in [5, 5.41) is 0. The maximum atomic E-state index is 14.1. The van der Waals surface area contributed by atoms with Gasteiger partial charge >= 0.3 is 6.18 Å². The van der Waals surface area contributed by atoms with E-state index in [0.29, 0.717) is 23.3 Å². The van der Waals surface area contributed by atoms with Crippen molar-refractivity contribution in [1.82, 2.24) is 4.98 Å². The van der Waals surface area contributed by atoms with Gasteiger partial charge < -0.3 is 10.5 Å². The third kappa shape index (κ3) is 6.02. The van der Waals surface area contributed by atoms with Gasteiger partial charge in [0.05, 0.1) is 29.5 Å². The quantitative estimate of drug-likeness (QED) is 0.455. The molecule has 0 radical (unpaired) electrons. The van der Waals surface area contributed by atoms with Gasteiger partial charge in [0.2, 0.25) is 5.91 Å². The maximum absolute atomic E-state index is 14.1. The minimum Gasteiger partial charge on any atom is -0.496 e. The number of hydrogen-bond acceptors (Lipinski definition) is 6. The van der Waals surface area contributed by atoms with E-state index in [1.807, 2.05) is 0 Å². The lowest BCUT2D eigenvalue weighted by Gasteiger charge is -2.25.